The van der Waals surface area contributed by atoms with Gasteiger partial charge < -0.3 is 11.1 Å². The minimum absolute atomic E-state index is 0.0615. The lowest BCUT2D eigenvalue weighted by molar-refractivity contribution is 0.101. The standard InChI is InChI=1S/C14H12Cl2N2O/c1-8(19)11-4-3-10(7-13(11)17)18-14-5-2-9(15)6-12(14)16/h2-7,18H,17H2,1H3. The van der Waals surface area contributed by atoms with Gasteiger partial charge in [-0.05, 0) is 43.3 Å². The Bertz CT molecular complexity index is 641. The molecular weight excluding hydrogens is 283 g/mol. The van der Waals surface area contributed by atoms with Gasteiger partial charge in [0.05, 0.1) is 10.7 Å². The van der Waals surface area contributed by atoms with Crippen LogP contribution in [0.3, 0.4) is 0 Å². The zero-order valence-electron chi connectivity index (χ0n) is 10.2. The van der Waals surface area contributed by atoms with Gasteiger partial charge >= 0.3 is 0 Å². The third-order valence-electron chi connectivity index (χ3n) is 2.64. The first-order chi connectivity index (χ1) is 8.97. The molecule has 0 fully saturated rings. The molecule has 0 saturated carbocycles. The Labute approximate surface area is 121 Å². The summed E-state index contributed by atoms with van der Waals surface area (Å²) in [4.78, 5) is 11.3. The van der Waals surface area contributed by atoms with E-state index in [1.807, 2.05) is 0 Å². The maximum absolute atomic E-state index is 11.3. The second kappa shape index (κ2) is 5.51. The second-order valence-corrected chi connectivity index (χ2v) is 4.95. The van der Waals surface area contributed by atoms with Gasteiger partial charge in [0.1, 0.15) is 0 Å². The normalized spacial score (nSPS) is 10.3. The van der Waals surface area contributed by atoms with Gasteiger partial charge in [0.2, 0.25) is 0 Å². The van der Waals surface area contributed by atoms with E-state index >= 15 is 0 Å². The number of Topliss-reactive ketones (excluding diaryl/α,β-unsaturated/α-hetero) is 1. The highest BCUT2D eigenvalue weighted by Crippen LogP contribution is 2.29. The molecule has 19 heavy (non-hydrogen) atoms. The van der Waals surface area contributed by atoms with Gasteiger partial charge in [0, 0.05) is 22.0 Å². The Hall–Kier alpha value is -1.71. The number of nitrogens with one attached hydrogen (secondary N) is 1. The second-order valence-electron chi connectivity index (χ2n) is 4.11. The quantitative estimate of drug-likeness (QED) is 0.646. The first-order valence-electron chi connectivity index (χ1n) is 5.60. The molecule has 5 heteroatoms. The lowest BCUT2D eigenvalue weighted by Crippen LogP contribution is -2.01. The maximum Gasteiger partial charge on any atom is 0.161 e. The Balaban J connectivity index is 2.29. The number of hydrogen-bond acceptors (Lipinski definition) is 3. The van der Waals surface area contributed by atoms with Crippen LogP contribution in [0.15, 0.2) is 36.4 Å². The number of carbonyl (C=O) groups is 1. The predicted octanol–water partition coefficient (Wildman–Crippen LogP) is 4.52. The van der Waals surface area contributed by atoms with E-state index in [1.54, 1.807) is 36.4 Å². The van der Waals surface area contributed by atoms with Crippen LogP contribution in [0, 0.1) is 0 Å². The minimum Gasteiger partial charge on any atom is -0.398 e. The van der Waals surface area contributed by atoms with Crippen LogP contribution in [0.25, 0.3) is 0 Å². The Kier molecular flexibility index (Phi) is 3.98. The third kappa shape index (κ3) is 3.19. The lowest BCUT2D eigenvalue weighted by Gasteiger charge is -2.10. The maximum atomic E-state index is 11.3. The number of benzene rings is 2. The first kappa shape index (κ1) is 13.7. The van der Waals surface area contributed by atoms with Crippen molar-refractivity contribution in [3.63, 3.8) is 0 Å². The first-order valence-corrected chi connectivity index (χ1v) is 6.35. The van der Waals surface area contributed by atoms with E-state index in [-0.39, 0.29) is 5.78 Å². The molecule has 98 valence electrons. The van der Waals surface area contributed by atoms with Gasteiger partial charge in [-0.25, -0.2) is 0 Å². The van der Waals surface area contributed by atoms with Crippen LogP contribution in [0.4, 0.5) is 17.1 Å². The number of hydrogen-bond donors (Lipinski definition) is 2. The summed E-state index contributed by atoms with van der Waals surface area (Å²) >= 11 is 11.9. The molecular formula is C14H12Cl2N2O. The summed E-state index contributed by atoms with van der Waals surface area (Å²) in [6.07, 6.45) is 0. The molecule has 0 aromatic heterocycles. The van der Waals surface area contributed by atoms with Gasteiger partial charge in [0.25, 0.3) is 0 Å². The number of halogens is 2. The van der Waals surface area contributed by atoms with E-state index in [1.165, 1.54) is 6.92 Å². The summed E-state index contributed by atoms with van der Waals surface area (Å²) in [7, 11) is 0. The van der Waals surface area contributed by atoms with Crippen LogP contribution in [0.1, 0.15) is 17.3 Å². The molecule has 0 heterocycles. The topological polar surface area (TPSA) is 55.1 Å². The molecule has 2 rings (SSSR count). The molecule has 0 radical (unpaired) electrons. The summed E-state index contributed by atoms with van der Waals surface area (Å²) in [6.45, 7) is 1.48. The predicted molar refractivity (Wildman–Crippen MR) is 80.6 cm³/mol. The van der Waals surface area contributed by atoms with E-state index in [0.29, 0.717) is 21.3 Å². The summed E-state index contributed by atoms with van der Waals surface area (Å²) in [6, 6.07) is 10.3. The van der Waals surface area contributed by atoms with E-state index in [4.69, 9.17) is 28.9 Å². The van der Waals surface area contributed by atoms with Gasteiger partial charge in [-0.1, -0.05) is 23.2 Å². The van der Waals surface area contributed by atoms with Crippen LogP contribution in [0.5, 0.6) is 0 Å². The number of anilines is 3. The van der Waals surface area contributed by atoms with Gasteiger partial charge in [-0.2, -0.15) is 0 Å². The average Bonchev–Trinajstić information content (AvgIpc) is 2.32. The largest absolute Gasteiger partial charge is 0.398 e. The van der Waals surface area contributed by atoms with Crippen molar-refractivity contribution >= 4 is 46.0 Å². The van der Waals surface area contributed by atoms with E-state index in [9.17, 15) is 4.79 Å². The number of nitrogens with two attached hydrogens (primary N) is 1. The molecule has 2 aromatic carbocycles. The minimum atomic E-state index is -0.0615. The van der Waals surface area contributed by atoms with Crippen LogP contribution in [-0.2, 0) is 0 Å². The van der Waals surface area contributed by atoms with Gasteiger partial charge in [0.15, 0.2) is 5.78 Å². The molecule has 2 aromatic rings. The van der Waals surface area contributed by atoms with Gasteiger partial charge in [-0.3, -0.25) is 4.79 Å². The van der Waals surface area contributed by atoms with Crippen molar-refractivity contribution in [2.45, 2.75) is 6.92 Å². The monoisotopic (exact) mass is 294 g/mol. The van der Waals surface area contributed by atoms with Crippen molar-refractivity contribution in [2.75, 3.05) is 11.1 Å². The van der Waals surface area contributed by atoms with Crippen molar-refractivity contribution in [3.8, 4) is 0 Å². The molecule has 0 unspecified atom stereocenters. The molecule has 3 N–H and O–H groups in total. The van der Waals surface area contributed by atoms with Crippen LogP contribution in [-0.4, -0.2) is 5.78 Å². The van der Waals surface area contributed by atoms with Crippen molar-refractivity contribution in [2.24, 2.45) is 0 Å². The van der Waals surface area contributed by atoms with E-state index in [2.05, 4.69) is 5.32 Å². The third-order valence-corrected chi connectivity index (χ3v) is 3.19. The highest BCUT2D eigenvalue weighted by molar-refractivity contribution is 6.36. The Morgan fingerprint density at radius 1 is 1.16 bits per heavy atom. The van der Waals surface area contributed by atoms with Crippen molar-refractivity contribution in [3.05, 3.63) is 52.0 Å². The number of ketones is 1. The van der Waals surface area contributed by atoms with Crippen molar-refractivity contribution < 1.29 is 4.79 Å². The van der Waals surface area contributed by atoms with Crippen LogP contribution >= 0.6 is 23.2 Å². The zero-order chi connectivity index (χ0) is 14.0. The van der Waals surface area contributed by atoms with Crippen molar-refractivity contribution in [1.29, 1.82) is 0 Å². The number of rotatable bonds is 3. The molecule has 0 atom stereocenters. The average molecular weight is 295 g/mol. The molecule has 0 amide bonds. The van der Waals surface area contributed by atoms with Crippen LogP contribution in [0.2, 0.25) is 10.0 Å². The highest BCUT2D eigenvalue weighted by atomic mass is 35.5. The van der Waals surface area contributed by atoms with E-state index < -0.39 is 0 Å². The smallest absolute Gasteiger partial charge is 0.161 e. The Morgan fingerprint density at radius 3 is 2.47 bits per heavy atom. The molecule has 3 nitrogen and oxygen atoms in total. The summed E-state index contributed by atoms with van der Waals surface area (Å²) in [5, 5.41) is 4.21. The molecule has 0 aliphatic rings. The van der Waals surface area contributed by atoms with E-state index in [0.717, 1.165) is 11.4 Å². The molecule has 0 saturated heterocycles. The molecule has 0 aliphatic carbocycles. The van der Waals surface area contributed by atoms with Crippen molar-refractivity contribution in [1.82, 2.24) is 0 Å². The highest BCUT2D eigenvalue weighted by Gasteiger charge is 2.07. The van der Waals surface area contributed by atoms with Crippen LogP contribution < -0.4 is 11.1 Å². The number of nitrogen functional groups attached to an aromatic ring is 1. The summed E-state index contributed by atoms with van der Waals surface area (Å²) in [5.74, 6) is -0.0615. The molecule has 0 aliphatic heterocycles. The molecule has 0 spiro atoms. The van der Waals surface area contributed by atoms with Gasteiger partial charge in [-0.15, -0.1) is 0 Å². The Morgan fingerprint density at radius 2 is 1.89 bits per heavy atom. The fourth-order valence-corrected chi connectivity index (χ4v) is 2.16. The summed E-state index contributed by atoms with van der Waals surface area (Å²) < 4.78 is 0. The fraction of sp³-hybridized carbons (Fsp3) is 0.0714. The molecule has 0 bridgehead atoms. The SMILES string of the molecule is CC(=O)c1ccc(Nc2ccc(Cl)cc2Cl)cc1N. The number of carbonyl (C=O) groups excluding carboxylic acids is 1. The zero-order valence-corrected chi connectivity index (χ0v) is 11.7. The fourth-order valence-electron chi connectivity index (χ4n) is 1.71. The lowest BCUT2D eigenvalue weighted by atomic mass is 10.1. The summed E-state index contributed by atoms with van der Waals surface area (Å²) in [5.41, 5.74) is 8.24.